The van der Waals surface area contributed by atoms with Gasteiger partial charge in [0.15, 0.2) is 0 Å². The van der Waals surface area contributed by atoms with E-state index < -0.39 is 0 Å². The van der Waals surface area contributed by atoms with E-state index in [1.165, 1.54) is 32.5 Å². The van der Waals surface area contributed by atoms with E-state index in [-0.39, 0.29) is 0 Å². The Kier molecular flexibility index (Phi) is 5.07. The fourth-order valence-electron chi connectivity index (χ4n) is 2.34. The number of hydrogen-bond acceptors (Lipinski definition) is 3. The van der Waals surface area contributed by atoms with Crippen LogP contribution in [-0.4, -0.2) is 31.1 Å². The molecule has 2 heterocycles. The molecule has 0 unspecified atom stereocenters. The molecular weight excluding hydrogens is 280 g/mol. The van der Waals surface area contributed by atoms with Crippen molar-refractivity contribution in [2.75, 3.05) is 26.2 Å². The van der Waals surface area contributed by atoms with Gasteiger partial charge >= 0.3 is 0 Å². The molecule has 1 N–H and O–H groups in total. The molecule has 0 bridgehead atoms. The molecule has 96 valence electrons. The van der Waals surface area contributed by atoms with Crippen molar-refractivity contribution >= 4 is 15.9 Å². The molecule has 1 aromatic rings. The smallest absolute Gasteiger partial charge is 0.131 e. The van der Waals surface area contributed by atoms with Crippen molar-refractivity contribution in [3.63, 3.8) is 0 Å². The first-order chi connectivity index (χ1) is 8.29. The number of nitrogens with zero attached hydrogens (tertiary/aromatic N) is 1. The van der Waals surface area contributed by atoms with Gasteiger partial charge in [0, 0.05) is 0 Å². The molecule has 2 rings (SSSR count). The minimum absolute atomic E-state index is 0.853. The number of rotatable bonds is 5. The van der Waals surface area contributed by atoms with E-state index in [1.54, 1.807) is 6.26 Å². The van der Waals surface area contributed by atoms with Crippen LogP contribution in [0.5, 0.6) is 0 Å². The third-order valence-corrected chi connectivity index (χ3v) is 4.15. The Hall–Kier alpha value is -0.320. The molecule has 3 nitrogen and oxygen atoms in total. The standard InChI is InChI=1S/C13H21BrN2O/c1-2-15-9-11-3-6-16(7-4-11)10-13-12(14)5-8-17-13/h5,8,11,15H,2-4,6-7,9-10H2,1H3. The zero-order valence-electron chi connectivity index (χ0n) is 10.4. The average Bonchev–Trinajstić information content (AvgIpc) is 2.74. The van der Waals surface area contributed by atoms with E-state index in [4.69, 9.17) is 4.42 Å². The van der Waals surface area contributed by atoms with Gasteiger partial charge in [-0.25, -0.2) is 0 Å². The Morgan fingerprint density at radius 1 is 1.47 bits per heavy atom. The molecule has 0 spiro atoms. The lowest BCUT2D eigenvalue weighted by Crippen LogP contribution is -2.36. The van der Waals surface area contributed by atoms with Crippen LogP contribution in [-0.2, 0) is 6.54 Å². The van der Waals surface area contributed by atoms with Crippen molar-refractivity contribution in [1.29, 1.82) is 0 Å². The van der Waals surface area contributed by atoms with Crippen LogP contribution in [0.2, 0.25) is 0 Å². The molecule has 1 fully saturated rings. The fourth-order valence-corrected chi connectivity index (χ4v) is 2.66. The highest BCUT2D eigenvalue weighted by atomic mass is 79.9. The van der Waals surface area contributed by atoms with E-state index in [2.05, 4.69) is 33.1 Å². The summed E-state index contributed by atoms with van der Waals surface area (Å²) in [6.07, 6.45) is 4.34. The zero-order chi connectivity index (χ0) is 12.1. The summed E-state index contributed by atoms with van der Waals surface area (Å²) in [5.41, 5.74) is 0. The van der Waals surface area contributed by atoms with E-state index in [1.807, 2.05) is 6.07 Å². The summed E-state index contributed by atoms with van der Waals surface area (Å²) in [4.78, 5) is 2.48. The Morgan fingerprint density at radius 3 is 2.82 bits per heavy atom. The topological polar surface area (TPSA) is 28.4 Å². The van der Waals surface area contributed by atoms with Gasteiger partial charge in [0.25, 0.3) is 0 Å². The van der Waals surface area contributed by atoms with Crippen LogP contribution in [0.15, 0.2) is 21.2 Å². The molecule has 17 heavy (non-hydrogen) atoms. The first kappa shape index (κ1) is 13.1. The van der Waals surface area contributed by atoms with Crippen molar-refractivity contribution in [2.24, 2.45) is 5.92 Å². The summed E-state index contributed by atoms with van der Waals surface area (Å²) in [6.45, 7) is 7.73. The van der Waals surface area contributed by atoms with Crippen LogP contribution in [0, 0.1) is 5.92 Å². The van der Waals surface area contributed by atoms with Gasteiger partial charge in [0.2, 0.25) is 0 Å². The van der Waals surface area contributed by atoms with Crippen molar-refractivity contribution in [1.82, 2.24) is 10.2 Å². The van der Waals surface area contributed by atoms with Gasteiger partial charge in [-0.2, -0.15) is 0 Å². The molecule has 0 radical (unpaired) electrons. The average molecular weight is 301 g/mol. The molecule has 1 saturated heterocycles. The quantitative estimate of drug-likeness (QED) is 0.906. The van der Waals surface area contributed by atoms with Gasteiger partial charge < -0.3 is 9.73 Å². The van der Waals surface area contributed by atoms with E-state index in [0.717, 1.165) is 29.2 Å². The monoisotopic (exact) mass is 300 g/mol. The predicted octanol–water partition coefficient (Wildman–Crippen LogP) is 2.86. The van der Waals surface area contributed by atoms with Crippen LogP contribution in [0.4, 0.5) is 0 Å². The van der Waals surface area contributed by atoms with Crippen LogP contribution in [0.25, 0.3) is 0 Å². The lowest BCUT2D eigenvalue weighted by molar-refractivity contribution is 0.165. The first-order valence-electron chi connectivity index (χ1n) is 6.44. The Balaban J connectivity index is 1.74. The van der Waals surface area contributed by atoms with Gasteiger partial charge in [-0.05, 0) is 66.9 Å². The van der Waals surface area contributed by atoms with E-state index >= 15 is 0 Å². The number of furan rings is 1. The predicted molar refractivity (Wildman–Crippen MR) is 73.0 cm³/mol. The normalized spacial score (nSPS) is 18.7. The SMILES string of the molecule is CCNCC1CCN(Cc2occc2Br)CC1. The molecule has 1 aliphatic rings. The highest BCUT2D eigenvalue weighted by molar-refractivity contribution is 9.10. The maximum absolute atomic E-state index is 5.46. The van der Waals surface area contributed by atoms with Crippen molar-refractivity contribution in [3.05, 3.63) is 22.6 Å². The minimum Gasteiger partial charge on any atom is -0.467 e. The van der Waals surface area contributed by atoms with Gasteiger partial charge in [0.05, 0.1) is 17.3 Å². The number of halogens is 1. The molecule has 0 saturated carbocycles. The molecule has 0 atom stereocenters. The first-order valence-corrected chi connectivity index (χ1v) is 7.24. The summed E-state index contributed by atoms with van der Waals surface area (Å²) < 4.78 is 6.55. The van der Waals surface area contributed by atoms with Crippen molar-refractivity contribution in [3.8, 4) is 0 Å². The summed E-state index contributed by atoms with van der Waals surface area (Å²) >= 11 is 3.51. The molecule has 1 aromatic heterocycles. The lowest BCUT2D eigenvalue weighted by atomic mass is 9.97. The van der Waals surface area contributed by atoms with Crippen LogP contribution in [0.1, 0.15) is 25.5 Å². The molecular formula is C13H21BrN2O. The zero-order valence-corrected chi connectivity index (χ0v) is 12.0. The number of hydrogen-bond donors (Lipinski definition) is 1. The number of likely N-dealkylation sites (tertiary alicyclic amines) is 1. The maximum Gasteiger partial charge on any atom is 0.131 e. The summed E-state index contributed by atoms with van der Waals surface area (Å²) in [7, 11) is 0. The van der Waals surface area contributed by atoms with Crippen LogP contribution in [0.3, 0.4) is 0 Å². The Morgan fingerprint density at radius 2 is 2.24 bits per heavy atom. The Bertz CT molecular complexity index is 332. The van der Waals surface area contributed by atoms with Crippen LogP contribution >= 0.6 is 15.9 Å². The van der Waals surface area contributed by atoms with Crippen molar-refractivity contribution in [2.45, 2.75) is 26.3 Å². The largest absolute Gasteiger partial charge is 0.467 e. The highest BCUT2D eigenvalue weighted by Crippen LogP contribution is 2.23. The van der Waals surface area contributed by atoms with Crippen molar-refractivity contribution < 1.29 is 4.42 Å². The Labute approximate surface area is 112 Å². The van der Waals surface area contributed by atoms with Gasteiger partial charge in [-0.1, -0.05) is 6.92 Å². The van der Waals surface area contributed by atoms with Gasteiger partial charge in [0.1, 0.15) is 5.76 Å². The molecule has 0 amide bonds. The lowest BCUT2D eigenvalue weighted by Gasteiger charge is -2.31. The number of nitrogens with one attached hydrogen (secondary N) is 1. The molecule has 4 heteroatoms. The molecule has 0 aromatic carbocycles. The van der Waals surface area contributed by atoms with E-state index in [9.17, 15) is 0 Å². The number of piperidine rings is 1. The third-order valence-electron chi connectivity index (χ3n) is 3.45. The van der Waals surface area contributed by atoms with E-state index in [0.29, 0.717) is 0 Å². The van der Waals surface area contributed by atoms with Gasteiger partial charge in [-0.15, -0.1) is 0 Å². The van der Waals surface area contributed by atoms with Gasteiger partial charge in [-0.3, -0.25) is 4.90 Å². The highest BCUT2D eigenvalue weighted by Gasteiger charge is 2.20. The molecule has 0 aliphatic carbocycles. The minimum atomic E-state index is 0.853. The fraction of sp³-hybridized carbons (Fsp3) is 0.692. The van der Waals surface area contributed by atoms with Crippen LogP contribution < -0.4 is 5.32 Å². The maximum atomic E-state index is 5.46. The second-order valence-electron chi connectivity index (χ2n) is 4.72. The molecule has 1 aliphatic heterocycles. The second kappa shape index (κ2) is 6.57. The third kappa shape index (κ3) is 3.83. The summed E-state index contributed by atoms with van der Waals surface area (Å²) in [5, 5.41) is 3.44. The second-order valence-corrected chi connectivity index (χ2v) is 5.57. The summed E-state index contributed by atoms with van der Waals surface area (Å²) in [6, 6.07) is 1.97. The summed E-state index contributed by atoms with van der Waals surface area (Å²) in [5.74, 6) is 1.90.